The number of hydrogen-bond donors (Lipinski definition) is 3. The summed E-state index contributed by atoms with van der Waals surface area (Å²) in [5, 5.41) is 16.2. The van der Waals surface area contributed by atoms with Crippen LogP contribution in [0.2, 0.25) is 10.0 Å². The van der Waals surface area contributed by atoms with Gasteiger partial charge in [-0.3, -0.25) is 0 Å². The first-order valence-corrected chi connectivity index (χ1v) is 7.43. The second-order valence-electron chi connectivity index (χ2n) is 4.56. The highest BCUT2D eigenvalue weighted by Crippen LogP contribution is 2.23. The first-order chi connectivity index (χ1) is 10.0. The third-order valence-corrected chi connectivity index (χ3v) is 3.22. The highest BCUT2D eigenvalue weighted by molar-refractivity contribution is 6.34. The Morgan fingerprint density at radius 3 is 2.52 bits per heavy atom. The van der Waals surface area contributed by atoms with E-state index >= 15 is 0 Å². The number of carbonyl (C=O) groups is 1. The molecule has 0 aliphatic heterocycles. The van der Waals surface area contributed by atoms with E-state index in [2.05, 4.69) is 10.6 Å². The minimum absolute atomic E-state index is 0.0839. The van der Waals surface area contributed by atoms with Crippen LogP contribution in [-0.2, 0) is 4.74 Å². The van der Waals surface area contributed by atoms with Crippen LogP contribution in [0.4, 0.5) is 4.79 Å². The highest BCUT2D eigenvalue weighted by Gasteiger charge is 2.10. The van der Waals surface area contributed by atoms with Crippen molar-refractivity contribution in [3.05, 3.63) is 33.8 Å². The lowest BCUT2D eigenvalue weighted by Crippen LogP contribution is -2.38. The molecule has 0 saturated heterocycles. The molecule has 118 valence electrons. The van der Waals surface area contributed by atoms with E-state index in [0.29, 0.717) is 28.8 Å². The van der Waals surface area contributed by atoms with Gasteiger partial charge in [0.05, 0.1) is 6.10 Å². The van der Waals surface area contributed by atoms with Gasteiger partial charge < -0.3 is 20.5 Å². The van der Waals surface area contributed by atoms with E-state index in [-0.39, 0.29) is 12.6 Å². The number of amides is 2. The minimum Gasteiger partial charge on any atom is -0.387 e. The number of carbonyl (C=O) groups excluding carboxylic acids is 1. The molecule has 7 heteroatoms. The van der Waals surface area contributed by atoms with Crippen molar-refractivity contribution < 1.29 is 14.6 Å². The molecular formula is C14H20Cl2N2O3. The molecule has 1 aromatic carbocycles. The van der Waals surface area contributed by atoms with Gasteiger partial charge in [-0.15, -0.1) is 0 Å². The molecule has 0 aromatic heterocycles. The monoisotopic (exact) mass is 334 g/mol. The van der Waals surface area contributed by atoms with Crippen LogP contribution < -0.4 is 10.6 Å². The Labute approximate surface area is 134 Å². The molecule has 1 atom stereocenters. The highest BCUT2D eigenvalue weighted by atomic mass is 35.5. The van der Waals surface area contributed by atoms with Gasteiger partial charge in [-0.1, -0.05) is 23.2 Å². The molecule has 0 aliphatic carbocycles. The van der Waals surface area contributed by atoms with E-state index in [4.69, 9.17) is 27.9 Å². The Morgan fingerprint density at radius 2 is 1.90 bits per heavy atom. The summed E-state index contributed by atoms with van der Waals surface area (Å²) in [4.78, 5) is 11.5. The number of urea groups is 1. The number of halogens is 2. The molecule has 0 aliphatic rings. The number of nitrogens with one attached hydrogen (secondary N) is 2. The van der Waals surface area contributed by atoms with Gasteiger partial charge >= 0.3 is 6.03 Å². The largest absolute Gasteiger partial charge is 0.387 e. The molecule has 1 rings (SSSR count). The lowest BCUT2D eigenvalue weighted by atomic mass is 10.1. The van der Waals surface area contributed by atoms with Crippen molar-refractivity contribution in [2.45, 2.75) is 18.9 Å². The maximum atomic E-state index is 11.5. The van der Waals surface area contributed by atoms with Crippen molar-refractivity contribution in [2.75, 3.05) is 26.8 Å². The van der Waals surface area contributed by atoms with E-state index in [1.807, 2.05) is 0 Å². The number of rotatable bonds is 8. The van der Waals surface area contributed by atoms with E-state index in [1.54, 1.807) is 25.3 Å². The SMILES string of the molecule is COCCCCNC(=O)NC[C@H](O)c1cc(Cl)cc(Cl)c1. The summed E-state index contributed by atoms with van der Waals surface area (Å²) in [5.41, 5.74) is 0.563. The van der Waals surface area contributed by atoms with E-state index in [0.717, 1.165) is 12.8 Å². The summed E-state index contributed by atoms with van der Waals surface area (Å²) in [6, 6.07) is 4.49. The van der Waals surface area contributed by atoms with Crippen LogP contribution in [0.5, 0.6) is 0 Å². The molecule has 0 fully saturated rings. The Bertz CT molecular complexity index is 438. The van der Waals surface area contributed by atoms with Crippen molar-refractivity contribution in [1.82, 2.24) is 10.6 Å². The van der Waals surface area contributed by atoms with E-state index < -0.39 is 6.10 Å². The first-order valence-electron chi connectivity index (χ1n) is 6.67. The van der Waals surface area contributed by atoms with Gasteiger partial charge in [0.25, 0.3) is 0 Å². The first kappa shape index (κ1) is 18.0. The standard InChI is InChI=1S/C14H20Cl2N2O3/c1-21-5-3-2-4-17-14(20)18-9-13(19)10-6-11(15)8-12(16)7-10/h6-8,13,19H,2-5,9H2,1H3,(H2,17,18,20)/t13-/m0/s1. The molecule has 0 heterocycles. The third-order valence-electron chi connectivity index (χ3n) is 2.79. The van der Waals surface area contributed by atoms with Crippen molar-refractivity contribution in [3.63, 3.8) is 0 Å². The van der Waals surface area contributed by atoms with Gasteiger partial charge in [-0.2, -0.15) is 0 Å². The molecule has 5 nitrogen and oxygen atoms in total. The Kier molecular flexibility index (Phi) is 8.45. The molecule has 0 radical (unpaired) electrons. The number of aliphatic hydroxyl groups excluding tert-OH is 1. The maximum Gasteiger partial charge on any atom is 0.314 e. The van der Waals surface area contributed by atoms with Gasteiger partial charge in [0, 0.05) is 36.9 Å². The average molecular weight is 335 g/mol. The second kappa shape index (κ2) is 9.84. The second-order valence-corrected chi connectivity index (χ2v) is 5.43. The van der Waals surface area contributed by atoms with E-state index in [9.17, 15) is 9.90 Å². The van der Waals surface area contributed by atoms with Crippen molar-refractivity contribution in [3.8, 4) is 0 Å². The summed E-state index contributed by atoms with van der Waals surface area (Å²) in [5.74, 6) is 0. The zero-order valence-electron chi connectivity index (χ0n) is 11.9. The molecule has 3 N–H and O–H groups in total. The summed E-state index contributed by atoms with van der Waals surface area (Å²) in [7, 11) is 1.64. The molecule has 21 heavy (non-hydrogen) atoms. The lowest BCUT2D eigenvalue weighted by molar-refractivity contribution is 0.173. The van der Waals surface area contributed by atoms with Crippen LogP contribution in [0.3, 0.4) is 0 Å². The Balaban J connectivity index is 2.28. The Hall–Kier alpha value is -1.01. The van der Waals surface area contributed by atoms with Gasteiger partial charge in [-0.25, -0.2) is 4.79 Å². The lowest BCUT2D eigenvalue weighted by Gasteiger charge is -2.13. The summed E-state index contributed by atoms with van der Waals surface area (Å²) >= 11 is 11.7. The number of ether oxygens (including phenoxy) is 1. The number of hydrogen-bond acceptors (Lipinski definition) is 3. The summed E-state index contributed by atoms with van der Waals surface area (Å²) in [6.45, 7) is 1.33. The van der Waals surface area contributed by atoms with Gasteiger partial charge in [0.2, 0.25) is 0 Å². The summed E-state index contributed by atoms with van der Waals surface area (Å²) < 4.78 is 4.91. The molecule has 0 bridgehead atoms. The van der Waals surface area contributed by atoms with Crippen LogP contribution in [0.15, 0.2) is 18.2 Å². The minimum atomic E-state index is -0.861. The fourth-order valence-corrected chi connectivity index (χ4v) is 2.25. The average Bonchev–Trinajstić information content (AvgIpc) is 2.43. The fourth-order valence-electron chi connectivity index (χ4n) is 1.71. The van der Waals surface area contributed by atoms with Crippen LogP contribution in [-0.4, -0.2) is 37.9 Å². The molecule has 0 unspecified atom stereocenters. The molecule has 2 amide bonds. The predicted molar refractivity (Wildman–Crippen MR) is 83.9 cm³/mol. The van der Waals surface area contributed by atoms with Crippen LogP contribution >= 0.6 is 23.2 Å². The molecule has 0 spiro atoms. The van der Waals surface area contributed by atoms with Crippen molar-refractivity contribution in [2.24, 2.45) is 0 Å². The normalized spacial score (nSPS) is 12.0. The number of methoxy groups -OCH3 is 1. The van der Waals surface area contributed by atoms with Crippen molar-refractivity contribution >= 4 is 29.2 Å². The molecule has 1 aromatic rings. The zero-order chi connectivity index (χ0) is 15.7. The van der Waals surface area contributed by atoms with E-state index in [1.165, 1.54) is 0 Å². The number of benzene rings is 1. The molecule has 0 saturated carbocycles. The molecular weight excluding hydrogens is 315 g/mol. The van der Waals surface area contributed by atoms with Crippen LogP contribution in [0, 0.1) is 0 Å². The zero-order valence-corrected chi connectivity index (χ0v) is 13.4. The van der Waals surface area contributed by atoms with Gasteiger partial charge in [-0.05, 0) is 36.6 Å². The maximum absolute atomic E-state index is 11.5. The van der Waals surface area contributed by atoms with Gasteiger partial charge in [0.1, 0.15) is 0 Å². The van der Waals surface area contributed by atoms with Crippen molar-refractivity contribution in [1.29, 1.82) is 0 Å². The van der Waals surface area contributed by atoms with Gasteiger partial charge in [0.15, 0.2) is 0 Å². The smallest absolute Gasteiger partial charge is 0.314 e. The van der Waals surface area contributed by atoms with Crippen LogP contribution in [0.1, 0.15) is 24.5 Å². The third kappa shape index (κ3) is 7.52. The number of aliphatic hydroxyl groups is 1. The quantitative estimate of drug-likeness (QED) is 0.640. The topological polar surface area (TPSA) is 70.6 Å². The van der Waals surface area contributed by atoms with Crippen LogP contribution in [0.25, 0.3) is 0 Å². The fraction of sp³-hybridized carbons (Fsp3) is 0.500. The predicted octanol–water partition coefficient (Wildman–Crippen LogP) is 2.75. The Morgan fingerprint density at radius 1 is 1.24 bits per heavy atom. The number of unbranched alkanes of at least 4 members (excludes halogenated alkanes) is 1. The summed E-state index contributed by atoms with van der Waals surface area (Å²) in [6.07, 6.45) is 0.870.